The van der Waals surface area contributed by atoms with Crippen LogP contribution in [0.25, 0.3) is 0 Å². The monoisotopic (exact) mass is 255 g/mol. The summed E-state index contributed by atoms with van der Waals surface area (Å²) in [4.78, 5) is 0. The Balaban J connectivity index is 2.28. The first-order valence-corrected chi connectivity index (χ1v) is 7.64. The number of benzene rings is 1. The highest BCUT2D eigenvalue weighted by Gasteiger charge is 2.25. The topological polar surface area (TPSA) is 55.4 Å². The van der Waals surface area contributed by atoms with Crippen molar-refractivity contribution in [2.45, 2.75) is 32.3 Å². The van der Waals surface area contributed by atoms with E-state index < -0.39 is 10.0 Å². The molecule has 0 bridgehead atoms. The number of rotatable bonds is 5. The third kappa shape index (κ3) is 3.63. The lowest BCUT2D eigenvalue weighted by Gasteiger charge is -2.13. The van der Waals surface area contributed by atoms with E-state index in [4.69, 9.17) is 4.74 Å². The molecule has 94 valence electrons. The third-order valence-corrected chi connectivity index (χ3v) is 3.16. The van der Waals surface area contributed by atoms with E-state index in [-0.39, 0.29) is 6.10 Å². The molecule has 1 saturated carbocycles. The lowest BCUT2D eigenvalue weighted by molar-refractivity contribution is 0.305. The van der Waals surface area contributed by atoms with E-state index in [1.165, 1.54) is 0 Å². The quantitative estimate of drug-likeness (QED) is 0.877. The van der Waals surface area contributed by atoms with Crippen LogP contribution in [0.3, 0.4) is 0 Å². The Bertz CT molecular complexity index is 506. The van der Waals surface area contributed by atoms with Gasteiger partial charge < -0.3 is 4.74 Å². The molecule has 5 heteroatoms. The number of ether oxygens (including phenoxy) is 1. The van der Waals surface area contributed by atoms with E-state index in [1.54, 1.807) is 0 Å². The predicted molar refractivity (Wildman–Crippen MR) is 67.9 cm³/mol. The van der Waals surface area contributed by atoms with Crippen molar-refractivity contribution in [1.29, 1.82) is 0 Å². The molecule has 2 rings (SSSR count). The molecule has 0 radical (unpaired) electrons. The number of hydrogen-bond donors (Lipinski definition) is 1. The molecule has 1 fully saturated rings. The molecule has 0 amide bonds. The highest BCUT2D eigenvalue weighted by atomic mass is 32.2. The van der Waals surface area contributed by atoms with Crippen LogP contribution in [-0.2, 0) is 16.4 Å². The van der Waals surface area contributed by atoms with Crippen LogP contribution in [0, 0.1) is 0 Å². The fraction of sp³-hybridized carbons (Fsp3) is 0.500. The molecule has 0 aliphatic heterocycles. The Morgan fingerprint density at radius 3 is 2.65 bits per heavy atom. The lowest BCUT2D eigenvalue weighted by atomic mass is 10.1. The fourth-order valence-electron chi connectivity index (χ4n) is 1.54. The maximum Gasteiger partial charge on any atom is 0.229 e. The molecular weight excluding hydrogens is 238 g/mol. The van der Waals surface area contributed by atoms with Gasteiger partial charge in [-0.1, -0.05) is 13.0 Å². The summed E-state index contributed by atoms with van der Waals surface area (Å²) in [5.74, 6) is 0.620. The molecule has 1 aliphatic carbocycles. The van der Waals surface area contributed by atoms with Gasteiger partial charge in [-0.05, 0) is 37.0 Å². The van der Waals surface area contributed by atoms with Crippen molar-refractivity contribution < 1.29 is 13.2 Å². The number of sulfonamides is 1. The normalized spacial score (nSPS) is 15.6. The predicted octanol–water partition coefficient (Wildman–Crippen LogP) is 2.16. The van der Waals surface area contributed by atoms with E-state index in [2.05, 4.69) is 4.72 Å². The zero-order chi connectivity index (χ0) is 12.5. The van der Waals surface area contributed by atoms with Crippen molar-refractivity contribution in [3.63, 3.8) is 0 Å². The summed E-state index contributed by atoms with van der Waals surface area (Å²) in [6.07, 6.45) is 4.36. The van der Waals surface area contributed by atoms with Crippen LogP contribution in [0.2, 0.25) is 0 Å². The van der Waals surface area contributed by atoms with Crippen LogP contribution in [0.5, 0.6) is 5.75 Å². The summed E-state index contributed by atoms with van der Waals surface area (Å²) in [5.41, 5.74) is 1.62. The lowest BCUT2D eigenvalue weighted by Crippen LogP contribution is -2.11. The summed E-state index contributed by atoms with van der Waals surface area (Å²) in [5, 5.41) is 0. The number of nitrogens with one attached hydrogen (secondary N) is 1. The Labute approximate surface area is 102 Å². The summed E-state index contributed by atoms with van der Waals surface area (Å²) in [7, 11) is -3.27. The van der Waals surface area contributed by atoms with E-state index in [1.807, 2.05) is 25.1 Å². The minimum atomic E-state index is -3.27. The molecule has 4 nitrogen and oxygen atoms in total. The minimum Gasteiger partial charge on any atom is -0.488 e. The van der Waals surface area contributed by atoms with Gasteiger partial charge in [0.15, 0.2) is 0 Å². The van der Waals surface area contributed by atoms with Crippen LogP contribution in [-0.4, -0.2) is 20.8 Å². The van der Waals surface area contributed by atoms with Crippen molar-refractivity contribution in [3.05, 3.63) is 23.8 Å². The number of hydrogen-bond acceptors (Lipinski definition) is 3. The first-order valence-electron chi connectivity index (χ1n) is 5.75. The van der Waals surface area contributed by atoms with Gasteiger partial charge in [0.05, 0.1) is 18.0 Å². The second-order valence-electron chi connectivity index (χ2n) is 4.38. The third-order valence-electron chi connectivity index (χ3n) is 2.57. The largest absolute Gasteiger partial charge is 0.488 e. The van der Waals surface area contributed by atoms with Crippen LogP contribution in [0.1, 0.15) is 25.3 Å². The Morgan fingerprint density at radius 2 is 2.12 bits per heavy atom. The Morgan fingerprint density at radius 1 is 1.41 bits per heavy atom. The zero-order valence-corrected chi connectivity index (χ0v) is 10.9. The van der Waals surface area contributed by atoms with E-state index >= 15 is 0 Å². The highest BCUT2D eigenvalue weighted by Crippen LogP contribution is 2.33. The SMILES string of the molecule is CCc1ccc(OC2CC2)c(NS(C)(=O)=O)c1. The molecule has 0 saturated heterocycles. The van der Waals surface area contributed by atoms with Crippen molar-refractivity contribution in [3.8, 4) is 5.75 Å². The van der Waals surface area contributed by atoms with Crippen LogP contribution in [0.15, 0.2) is 18.2 Å². The van der Waals surface area contributed by atoms with Crippen LogP contribution >= 0.6 is 0 Å². The average molecular weight is 255 g/mol. The maximum atomic E-state index is 11.3. The highest BCUT2D eigenvalue weighted by molar-refractivity contribution is 7.92. The van der Waals surface area contributed by atoms with Crippen LogP contribution in [0.4, 0.5) is 5.69 Å². The molecule has 1 aromatic rings. The van der Waals surface area contributed by atoms with Gasteiger partial charge in [-0.3, -0.25) is 4.72 Å². The van der Waals surface area contributed by atoms with Crippen molar-refractivity contribution >= 4 is 15.7 Å². The number of aryl methyl sites for hydroxylation is 1. The first kappa shape index (κ1) is 12.2. The molecule has 1 aromatic carbocycles. The van der Waals surface area contributed by atoms with Gasteiger partial charge in [0.1, 0.15) is 5.75 Å². The summed E-state index contributed by atoms with van der Waals surface area (Å²) in [6.45, 7) is 2.03. The fourth-order valence-corrected chi connectivity index (χ4v) is 2.10. The Kier molecular flexibility index (Phi) is 3.28. The minimum absolute atomic E-state index is 0.252. The molecule has 0 unspecified atom stereocenters. The molecule has 1 N–H and O–H groups in total. The Hall–Kier alpha value is -1.23. The molecule has 0 heterocycles. The summed E-state index contributed by atoms with van der Waals surface area (Å²) < 4.78 is 30.8. The second kappa shape index (κ2) is 4.56. The van der Waals surface area contributed by atoms with Crippen molar-refractivity contribution in [2.24, 2.45) is 0 Å². The van der Waals surface area contributed by atoms with E-state index in [9.17, 15) is 8.42 Å². The summed E-state index contributed by atoms with van der Waals surface area (Å²) in [6, 6.07) is 5.63. The maximum absolute atomic E-state index is 11.3. The van der Waals surface area contributed by atoms with E-state index in [0.717, 1.165) is 31.1 Å². The second-order valence-corrected chi connectivity index (χ2v) is 6.12. The first-order chi connectivity index (χ1) is 7.98. The van der Waals surface area contributed by atoms with Gasteiger partial charge in [0, 0.05) is 0 Å². The molecule has 0 spiro atoms. The van der Waals surface area contributed by atoms with E-state index in [0.29, 0.717) is 11.4 Å². The number of anilines is 1. The molecule has 17 heavy (non-hydrogen) atoms. The van der Waals surface area contributed by atoms with Crippen LogP contribution < -0.4 is 9.46 Å². The van der Waals surface area contributed by atoms with Gasteiger partial charge in [-0.2, -0.15) is 0 Å². The average Bonchev–Trinajstić information content (AvgIpc) is 3.02. The van der Waals surface area contributed by atoms with Gasteiger partial charge >= 0.3 is 0 Å². The van der Waals surface area contributed by atoms with Crippen molar-refractivity contribution in [2.75, 3.05) is 11.0 Å². The standard InChI is InChI=1S/C12H17NO3S/c1-3-9-4-7-12(16-10-5-6-10)11(8-9)13-17(2,14)15/h4,7-8,10,13H,3,5-6H2,1-2H3. The van der Waals surface area contributed by atoms with Gasteiger partial charge in [-0.25, -0.2) is 8.42 Å². The molecule has 1 aliphatic rings. The molecular formula is C12H17NO3S. The van der Waals surface area contributed by atoms with Gasteiger partial charge in [0.25, 0.3) is 0 Å². The summed E-state index contributed by atoms with van der Waals surface area (Å²) >= 11 is 0. The van der Waals surface area contributed by atoms with Crippen molar-refractivity contribution in [1.82, 2.24) is 0 Å². The van der Waals surface area contributed by atoms with Gasteiger partial charge in [0.2, 0.25) is 10.0 Å². The molecule has 0 atom stereocenters. The van der Waals surface area contributed by atoms with Gasteiger partial charge in [-0.15, -0.1) is 0 Å². The zero-order valence-electron chi connectivity index (χ0n) is 10.1. The molecule has 0 aromatic heterocycles. The smallest absolute Gasteiger partial charge is 0.229 e.